The quantitative estimate of drug-likeness (QED) is 0.694. The number of benzene rings is 2. The number of nitrogens with one attached hydrogen (secondary N) is 1. The summed E-state index contributed by atoms with van der Waals surface area (Å²) >= 11 is 0. The Kier molecular flexibility index (Phi) is 4.96. The van der Waals surface area contributed by atoms with Crippen LogP contribution in [0.1, 0.15) is 12.0 Å². The van der Waals surface area contributed by atoms with E-state index in [2.05, 4.69) is 32.5 Å². The predicted molar refractivity (Wildman–Crippen MR) is 113 cm³/mol. The second-order valence-corrected chi connectivity index (χ2v) is 7.63. The molecule has 0 saturated carbocycles. The molecule has 1 N–H and O–H groups in total. The number of ether oxygens (including phenoxy) is 2. The molecule has 6 nitrogen and oxygen atoms in total. The lowest BCUT2D eigenvalue weighted by Crippen LogP contribution is -2.40. The normalized spacial score (nSPS) is 19.7. The molecule has 5 rings (SSSR count). The molecule has 7 heteroatoms. The molecule has 0 amide bonds. The van der Waals surface area contributed by atoms with E-state index in [1.54, 1.807) is 12.1 Å². The Morgan fingerprint density at radius 1 is 1.13 bits per heavy atom. The number of halogens is 1. The van der Waals surface area contributed by atoms with Gasteiger partial charge in [-0.25, -0.2) is 4.39 Å². The molecule has 154 valence electrons. The summed E-state index contributed by atoms with van der Waals surface area (Å²) in [6.45, 7) is 2.19. The smallest absolute Gasteiger partial charge is 0.172 e. The van der Waals surface area contributed by atoms with E-state index in [-0.39, 0.29) is 11.9 Å². The fourth-order valence-corrected chi connectivity index (χ4v) is 4.26. The number of nitrogens with zero attached hydrogens (tertiary/aromatic N) is 3. The molecule has 2 unspecified atom stereocenters. The van der Waals surface area contributed by atoms with Gasteiger partial charge < -0.3 is 19.7 Å². The van der Waals surface area contributed by atoms with Crippen LogP contribution in [0.3, 0.4) is 0 Å². The van der Waals surface area contributed by atoms with E-state index in [1.807, 2.05) is 24.3 Å². The van der Waals surface area contributed by atoms with Gasteiger partial charge in [0.2, 0.25) is 0 Å². The molecule has 1 fully saturated rings. The molecule has 3 heterocycles. The van der Waals surface area contributed by atoms with Crippen molar-refractivity contribution in [3.8, 4) is 17.0 Å². The fraction of sp³-hybridized carbons (Fsp3) is 0.304. The Morgan fingerprint density at radius 2 is 2.00 bits per heavy atom. The largest absolute Gasteiger partial charge is 0.493 e. The summed E-state index contributed by atoms with van der Waals surface area (Å²) in [7, 11) is 1.46. The molecule has 1 aromatic heterocycles. The molecule has 2 aliphatic rings. The number of aromatic nitrogens is 2. The molecule has 3 aromatic rings. The van der Waals surface area contributed by atoms with Gasteiger partial charge in [-0.15, -0.1) is 10.2 Å². The first-order chi connectivity index (χ1) is 14.7. The minimum Gasteiger partial charge on any atom is -0.493 e. The highest BCUT2D eigenvalue weighted by Gasteiger charge is 2.37. The van der Waals surface area contributed by atoms with Gasteiger partial charge in [0.15, 0.2) is 17.4 Å². The summed E-state index contributed by atoms with van der Waals surface area (Å²) in [4.78, 5) is 2.32. The van der Waals surface area contributed by atoms with Crippen LogP contribution in [0.4, 0.5) is 15.9 Å². The van der Waals surface area contributed by atoms with E-state index in [9.17, 15) is 4.39 Å². The zero-order chi connectivity index (χ0) is 20.5. The first-order valence-corrected chi connectivity index (χ1v) is 10.1. The van der Waals surface area contributed by atoms with Crippen LogP contribution >= 0.6 is 0 Å². The van der Waals surface area contributed by atoms with Crippen LogP contribution in [-0.2, 0) is 11.3 Å². The highest BCUT2D eigenvalue weighted by atomic mass is 19.1. The van der Waals surface area contributed by atoms with Gasteiger partial charge in [-0.05, 0) is 30.2 Å². The standard InChI is InChI=1S/C23H23FN4O2/c1-29-22-18(8-5-9-19(22)24)20-11-21-23(27-26-20)25-12-16-10-17(13-28(16)21)30-14-15-6-3-2-4-7-15/h2-9,11,16-17H,10,12-14H2,1H3,(H,25,27). The third kappa shape index (κ3) is 3.45. The van der Waals surface area contributed by atoms with Crippen molar-refractivity contribution in [1.29, 1.82) is 0 Å². The molecule has 0 spiro atoms. The van der Waals surface area contributed by atoms with Crippen molar-refractivity contribution in [2.45, 2.75) is 25.2 Å². The summed E-state index contributed by atoms with van der Waals surface area (Å²) in [6.07, 6.45) is 1.09. The first-order valence-electron chi connectivity index (χ1n) is 10.1. The summed E-state index contributed by atoms with van der Waals surface area (Å²) in [5, 5.41) is 12.0. The lowest BCUT2D eigenvalue weighted by molar-refractivity contribution is 0.0536. The van der Waals surface area contributed by atoms with Crippen molar-refractivity contribution in [3.63, 3.8) is 0 Å². The molecule has 30 heavy (non-hydrogen) atoms. The van der Waals surface area contributed by atoms with Crippen LogP contribution in [0.2, 0.25) is 0 Å². The van der Waals surface area contributed by atoms with Gasteiger partial charge in [0.25, 0.3) is 0 Å². The van der Waals surface area contributed by atoms with Crippen molar-refractivity contribution >= 4 is 11.5 Å². The topological polar surface area (TPSA) is 59.5 Å². The molecule has 2 atom stereocenters. The maximum absolute atomic E-state index is 14.2. The zero-order valence-corrected chi connectivity index (χ0v) is 16.7. The molecule has 1 saturated heterocycles. The van der Waals surface area contributed by atoms with Crippen LogP contribution in [-0.4, -0.2) is 42.5 Å². The Morgan fingerprint density at radius 3 is 2.83 bits per heavy atom. The van der Waals surface area contributed by atoms with E-state index in [1.165, 1.54) is 18.7 Å². The number of anilines is 2. The van der Waals surface area contributed by atoms with Crippen LogP contribution in [0, 0.1) is 5.82 Å². The molecular formula is C23H23FN4O2. The average molecular weight is 406 g/mol. The summed E-state index contributed by atoms with van der Waals surface area (Å²) < 4.78 is 25.6. The molecular weight excluding hydrogens is 383 g/mol. The highest BCUT2D eigenvalue weighted by molar-refractivity contribution is 5.77. The van der Waals surface area contributed by atoms with E-state index >= 15 is 0 Å². The van der Waals surface area contributed by atoms with Crippen LogP contribution in [0.5, 0.6) is 5.75 Å². The second kappa shape index (κ2) is 7.91. The monoisotopic (exact) mass is 406 g/mol. The molecule has 2 aliphatic heterocycles. The van der Waals surface area contributed by atoms with E-state index < -0.39 is 5.82 Å². The van der Waals surface area contributed by atoms with Gasteiger partial charge in [-0.1, -0.05) is 36.4 Å². The third-order valence-corrected chi connectivity index (χ3v) is 5.74. The Bertz CT molecular complexity index is 1050. The number of hydrogen-bond acceptors (Lipinski definition) is 6. The number of fused-ring (bicyclic) bond motifs is 3. The minimum atomic E-state index is -0.416. The van der Waals surface area contributed by atoms with Crippen molar-refractivity contribution in [2.75, 3.05) is 30.4 Å². The lowest BCUT2D eigenvalue weighted by atomic mass is 10.1. The Labute approximate surface area is 174 Å². The summed E-state index contributed by atoms with van der Waals surface area (Å²) in [6, 6.07) is 17.3. The van der Waals surface area contributed by atoms with Gasteiger partial charge >= 0.3 is 0 Å². The SMILES string of the molecule is COc1c(F)cccc1-c1cc2c(nn1)NCC1CC(OCc3ccccc3)CN21. The van der Waals surface area contributed by atoms with E-state index in [0.29, 0.717) is 23.9 Å². The zero-order valence-electron chi connectivity index (χ0n) is 16.7. The van der Waals surface area contributed by atoms with E-state index in [4.69, 9.17) is 9.47 Å². The second-order valence-electron chi connectivity index (χ2n) is 7.63. The van der Waals surface area contributed by atoms with Crippen molar-refractivity contribution in [2.24, 2.45) is 0 Å². The molecule has 2 aromatic carbocycles. The van der Waals surface area contributed by atoms with Gasteiger partial charge in [0.1, 0.15) is 0 Å². The van der Waals surface area contributed by atoms with Crippen molar-refractivity contribution < 1.29 is 13.9 Å². The molecule has 0 aliphatic carbocycles. The Hall–Kier alpha value is -3.19. The average Bonchev–Trinajstić information content (AvgIpc) is 3.21. The van der Waals surface area contributed by atoms with Crippen LogP contribution in [0.25, 0.3) is 11.3 Å². The summed E-state index contributed by atoms with van der Waals surface area (Å²) in [5.41, 5.74) is 3.31. The van der Waals surface area contributed by atoms with Gasteiger partial charge in [-0.2, -0.15) is 0 Å². The van der Waals surface area contributed by atoms with Gasteiger partial charge in [0.05, 0.1) is 31.2 Å². The van der Waals surface area contributed by atoms with Crippen LogP contribution in [0.15, 0.2) is 54.6 Å². The number of methoxy groups -OCH3 is 1. The maximum Gasteiger partial charge on any atom is 0.172 e. The third-order valence-electron chi connectivity index (χ3n) is 5.74. The number of hydrogen-bond donors (Lipinski definition) is 1. The van der Waals surface area contributed by atoms with Gasteiger partial charge in [0, 0.05) is 24.7 Å². The predicted octanol–water partition coefficient (Wildman–Crippen LogP) is 3.88. The number of para-hydroxylation sites is 1. The minimum absolute atomic E-state index is 0.142. The lowest BCUT2D eigenvalue weighted by Gasteiger charge is -2.33. The van der Waals surface area contributed by atoms with E-state index in [0.717, 1.165) is 31.0 Å². The first kappa shape index (κ1) is 18.8. The Balaban J connectivity index is 1.38. The highest BCUT2D eigenvalue weighted by Crippen LogP contribution is 2.39. The molecule has 0 radical (unpaired) electrons. The van der Waals surface area contributed by atoms with Crippen molar-refractivity contribution in [3.05, 3.63) is 66.0 Å². The van der Waals surface area contributed by atoms with Crippen LogP contribution < -0.4 is 15.0 Å². The summed E-state index contributed by atoms with van der Waals surface area (Å²) in [5.74, 6) is 0.507. The maximum atomic E-state index is 14.2. The molecule has 0 bridgehead atoms. The van der Waals surface area contributed by atoms with Gasteiger partial charge in [-0.3, -0.25) is 0 Å². The number of rotatable bonds is 5. The fourth-order valence-electron chi connectivity index (χ4n) is 4.26. The van der Waals surface area contributed by atoms with Crippen molar-refractivity contribution in [1.82, 2.24) is 10.2 Å².